The molecule has 0 spiro atoms. The molecule has 0 N–H and O–H groups in total. The zero-order valence-corrected chi connectivity index (χ0v) is 24.9. The minimum atomic E-state index is -0.795. The third-order valence-corrected chi connectivity index (χ3v) is 7.23. The lowest BCUT2D eigenvalue weighted by Gasteiger charge is -2.25. The summed E-state index contributed by atoms with van der Waals surface area (Å²) in [6, 6.07) is 10.0. The van der Waals surface area contributed by atoms with Gasteiger partial charge in [-0.05, 0) is 57.5 Å². The van der Waals surface area contributed by atoms with E-state index >= 15 is 0 Å². The molecule has 0 amide bonds. The first-order valence-corrected chi connectivity index (χ1v) is 14.0. The summed E-state index contributed by atoms with van der Waals surface area (Å²) in [5.41, 5.74) is 1.75. The van der Waals surface area contributed by atoms with Crippen LogP contribution in [0.5, 0.6) is 23.0 Å². The summed E-state index contributed by atoms with van der Waals surface area (Å²) < 4.78 is 30.2. The number of benzene rings is 2. The third kappa shape index (κ3) is 6.07. The van der Waals surface area contributed by atoms with Crippen LogP contribution in [0.2, 0.25) is 0 Å². The van der Waals surface area contributed by atoms with Gasteiger partial charge < -0.3 is 23.7 Å². The fourth-order valence-corrected chi connectivity index (χ4v) is 5.60. The number of nitrogens with zero attached hydrogens (tertiary/aromatic N) is 2. The molecule has 2 heterocycles. The number of hydrogen-bond donors (Lipinski definition) is 0. The first-order chi connectivity index (χ1) is 19.7. The van der Waals surface area contributed by atoms with Crippen LogP contribution < -0.4 is 33.8 Å². The number of para-hydroxylation sites is 1. The molecular formula is C31H34N2O7S. The Kier molecular flexibility index (Phi) is 9.34. The zero-order valence-electron chi connectivity index (χ0n) is 24.1. The van der Waals surface area contributed by atoms with E-state index in [9.17, 15) is 9.59 Å². The molecule has 1 unspecified atom stereocenters. The summed E-state index contributed by atoms with van der Waals surface area (Å²) in [7, 11) is 3.10. The highest BCUT2D eigenvalue weighted by Crippen LogP contribution is 2.37. The highest BCUT2D eigenvalue weighted by molar-refractivity contribution is 7.07. The first kappa shape index (κ1) is 29.7. The standard InChI is InChI=1S/C31H34N2O7S/c1-8-15-39-28-21(11-10-12-23(28)36-6)17-25-29(34)33-27(20-13-14-22(40-18(3)4)24(16-20)37-7)26(30(35)38-9-2)19(5)32-31(33)41-25/h8,10-14,16-18,27H,1,9,15H2,2-7H3. The molecule has 0 saturated carbocycles. The van der Waals surface area contributed by atoms with Crippen LogP contribution in [0.15, 0.2) is 70.1 Å². The molecule has 1 aliphatic rings. The van der Waals surface area contributed by atoms with Gasteiger partial charge in [0.15, 0.2) is 27.8 Å². The van der Waals surface area contributed by atoms with Crippen LogP contribution in [0.1, 0.15) is 44.9 Å². The number of carbonyl (C=O) groups excluding carboxylic acids is 1. The maximum absolute atomic E-state index is 14.0. The van der Waals surface area contributed by atoms with Gasteiger partial charge in [0, 0.05) is 5.56 Å². The van der Waals surface area contributed by atoms with Gasteiger partial charge in [-0.1, -0.05) is 42.2 Å². The summed E-state index contributed by atoms with van der Waals surface area (Å²) in [6.07, 6.45) is 3.31. The van der Waals surface area contributed by atoms with Crippen molar-refractivity contribution in [1.29, 1.82) is 0 Å². The number of rotatable bonds is 11. The van der Waals surface area contributed by atoms with Gasteiger partial charge in [0.2, 0.25) is 0 Å². The van der Waals surface area contributed by atoms with E-state index in [0.717, 1.165) is 0 Å². The quantitative estimate of drug-likeness (QED) is 0.249. The average Bonchev–Trinajstić information content (AvgIpc) is 3.25. The van der Waals surface area contributed by atoms with Crippen LogP contribution >= 0.6 is 11.3 Å². The SMILES string of the molecule is C=CCOc1c(C=c2sc3n(c2=O)C(c2ccc(OC(C)C)c(OC)c2)C(C(=O)OCC)=C(C)N=3)cccc1OC. The maximum atomic E-state index is 14.0. The molecule has 0 bridgehead atoms. The van der Waals surface area contributed by atoms with E-state index in [0.29, 0.717) is 49.2 Å². The number of ether oxygens (including phenoxy) is 5. The lowest BCUT2D eigenvalue weighted by molar-refractivity contribution is -0.139. The molecule has 10 heteroatoms. The number of hydrogen-bond acceptors (Lipinski definition) is 9. The smallest absolute Gasteiger partial charge is 0.338 e. The molecule has 0 fully saturated rings. The summed E-state index contributed by atoms with van der Waals surface area (Å²) in [5, 5.41) is 0. The van der Waals surface area contributed by atoms with Gasteiger partial charge in [0.1, 0.15) is 6.61 Å². The van der Waals surface area contributed by atoms with E-state index in [1.54, 1.807) is 58.4 Å². The van der Waals surface area contributed by atoms with Crippen molar-refractivity contribution in [2.45, 2.75) is 39.8 Å². The van der Waals surface area contributed by atoms with Crippen molar-refractivity contribution in [3.8, 4) is 23.0 Å². The molecule has 1 aromatic heterocycles. The van der Waals surface area contributed by atoms with Crippen LogP contribution in [-0.2, 0) is 9.53 Å². The fourth-order valence-electron chi connectivity index (χ4n) is 4.56. The first-order valence-electron chi connectivity index (χ1n) is 13.2. The molecule has 3 aromatic rings. The normalized spacial score (nSPS) is 14.8. The van der Waals surface area contributed by atoms with Gasteiger partial charge in [-0.25, -0.2) is 9.79 Å². The Morgan fingerprint density at radius 1 is 1.15 bits per heavy atom. The molecule has 2 aromatic carbocycles. The minimum Gasteiger partial charge on any atom is -0.493 e. The van der Waals surface area contributed by atoms with Crippen molar-refractivity contribution in [2.24, 2.45) is 4.99 Å². The number of thiazole rings is 1. The fraction of sp³-hybridized carbons (Fsp3) is 0.323. The molecular weight excluding hydrogens is 544 g/mol. The minimum absolute atomic E-state index is 0.0679. The Bertz CT molecular complexity index is 1670. The van der Waals surface area contributed by atoms with E-state index in [4.69, 9.17) is 23.7 Å². The Labute approximate surface area is 242 Å². The van der Waals surface area contributed by atoms with Crippen LogP contribution in [-0.4, -0.2) is 44.1 Å². The van der Waals surface area contributed by atoms with Crippen molar-refractivity contribution in [3.63, 3.8) is 0 Å². The van der Waals surface area contributed by atoms with Crippen molar-refractivity contribution >= 4 is 23.4 Å². The van der Waals surface area contributed by atoms with Crippen molar-refractivity contribution in [3.05, 3.63) is 91.1 Å². The van der Waals surface area contributed by atoms with Crippen molar-refractivity contribution in [1.82, 2.24) is 4.57 Å². The van der Waals surface area contributed by atoms with Crippen LogP contribution in [0.4, 0.5) is 0 Å². The predicted molar refractivity (Wildman–Crippen MR) is 158 cm³/mol. The Balaban J connectivity index is 1.95. The molecule has 4 rings (SSSR count). The molecule has 0 saturated heterocycles. The van der Waals surface area contributed by atoms with Crippen molar-refractivity contribution in [2.75, 3.05) is 27.4 Å². The van der Waals surface area contributed by atoms with Gasteiger partial charge in [-0.3, -0.25) is 9.36 Å². The third-order valence-electron chi connectivity index (χ3n) is 6.24. The topological polar surface area (TPSA) is 97.6 Å². The largest absolute Gasteiger partial charge is 0.493 e. The molecule has 0 aliphatic carbocycles. The van der Waals surface area contributed by atoms with E-state index in [1.807, 2.05) is 32.0 Å². The van der Waals surface area contributed by atoms with E-state index in [2.05, 4.69) is 11.6 Å². The van der Waals surface area contributed by atoms with Gasteiger partial charge in [0.25, 0.3) is 5.56 Å². The highest BCUT2D eigenvalue weighted by atomic mass is 32.1. The van der Waals surface area contributed by atoms with Gasteiger partial charge in [0.05, 0.1) is 48.8 Å². The Hall–Kier alpha value is -4.31. The van der Waals surface area contributed by atoms with Gasteiger partial charge in [-0.15, -0.1) is 0 Å². The lowest BCUT2D eigenvalue weighted by Crippen LogP contribution is -2.40. The van der Waals surface area contributed by atoms with Crippen LogP contribution in [0, 0.1) is 0 Å². The van der Waals surface area contributed by atoms with Gasteiger partial charge in [-0.2, -0.15) is 0 Å². The van der Waals surface area contributed by atoms with Gasteiger partial charge >= 0.3 is 5.97 Å². The second-order valence-electron chi connectivity index (χ2n) is 9.36. The number of aromatic nitrogens is 1. The number of methoxy groups -OCH3 is 2. The Morgan fingerprint density at radius 2 is 1.90 bits per heavy atom. The predicted octanol–water partition coefficient (Wildman–Crippen LogP) is 4.17. The van der Waals surface area contributed by atoms with Crippen LogP contribution in [0.25, 0.3) is 6.08 Å². The molecule has 0 radical (unpaired) electrons. The zero-order chi connectivity index (χ0) is 29.7. The summed E-state index contributed by atoms with van der Waals surface area (Å²) in [6.45, 7) is 11.5. The van der Waals surface area contributed by atoms with E-state index in [-0.39, 0.29) is 30.5 Å². The Morgan fingerprint density at radius 3 is 2.56 bits per heavy atom. The second kappa shape index (κ2) is 12.9. The summed E-state index contributed by atoms with van der Waals surface area (Å²) >= 11 is 1.22. The van der Waals surface area contributed by atoms with E-state index in [1.165, 1.54) is 15.9 Å². The molecule has 216 valence electrons. The number of allylic oxidation sites excluding steroid dienone is 1. The molecule has 1 atom stereocenters. The highest BCUT2D eigenvalue weighted by Gasteiger charge is 2.34. The summed E-state index contributed by atoms with van der Waals surface area (Å²) in [4.78, 5) is 32.4. The molecule has 41 heavy (non-hydrogen) atoms. The van der Waals surface area contributed by atoms with E-state index < -0.39 is 12.0 Å². The second-order valence-corrected chi connectivity index (χ2v) is 10.4. The monoisotopic (exact) mass is 578 g/mol. The maximum Gasteiger partial charge on any atom is 0.338 e. The number of carbonyl (C=O) groups is 1. The number of esters is 1. The van der Waals surface area contributed by atoms with Crippen molar-refractivity contribution < 1.29 is 28.5 Å². The van der Waals surface area contributed by atoms with Crippen LogP contribution in [0.3, 0.4) is 0 Å². The lowest BCUT2D eigenvalue weighted by atomic mass is 9.95. The number of fused-ring (bicyclic) bond motifs is 1. The molecule has 1 aliphatic heterocycles. The average molecular weight is 579 g/mol. The summed E-state index contributed by atoms with van der Waals surface area (Å²) in [5.74, 6) is 1.52. The molecule has 9 nitrogen and oxygen atoms in total.